The van der Waals surface area contributed by atoms with Crippen molar-refractivity contribution in [3.05, 3.63) is 33.8 Å². The monoisotopic (exact) mass is 338 g/mol. The van der Waals surface area contributed by atoms with Crippen molar-refractivity contribution < 1.29 is 13.2 Å². The van der Waals surface area contributed by atoms with Gasteiger partial charge in [0.2, 0.25) is 0 Å². The number of alkyl halides is 3. The highest BCUT2D eigenvalue weighted by Crippen LogP contribution is 2.37. The fourth-order valence-electron chi connectivity index (χ4n) is 2.22. The van der Waals surface area contributed by atoms with Crippen LogP contribution in [0.3, 0.4) is 0 Å². The topological polar surface area (TPSA) is 38.0 Å². The van der Waals surface area contributed by atoms with Crippen molar-refractivity contribution in [1.82, 2.24) is 5.43 Å². The molecule has 0 heterocycles. The Labute approximate surface area is 119 Å². The summed E-state index contributed by atoms with van der Waals surface area (Å²) in [5.74, 6) is 5.71. The lowest BCUT2D eigenvalue weighted by Crippen LogP contribution is -2.33. The van der Waals surface area contributed by atoms with E-state index in [2.05, 4.69) is 21.4 Å². The molecule has 0 aromatic heterocycles. The predicted octanol–water partition coefficient (Wildman–Crippen LogP) is 4.41. The van der Waals surface area contributed by atoms with Gasteiger partial charge >= 0.3 is 6.18 Å². The van der Waals surface area contributed by atoms with E-state index in [1.54, 1.807) is 6.07 Å². The molecule has 0 radical (unpaired) electrons. The van der Waals surface area contributed by atoms with Crippen molar-refractivity contribution >= 4 is 15.9 Å². The molecule has 0 amide bonds. The standard InChI is InChI=1S/C13H18BrF3N2/c1-3-8(4-2)12(19-18)9-5-6-11(14)10(7-9)13(15,16)17/h5-8,12,19H,3-4,18H2,1-2H3. The van der Waals surface area contributed by atoms with Gasteiger partial charge in [-0.15, -0.1) is 0 Å². The lowest BCUT2D eigenvalue weighted by Gasteiger charge is -2.26. The summed E-state index contributed by atoms with van der Waals surface area (Å²) in [4.78, 5) is 0. The van der Waals surface area contributed by atoms with E-state index >= 15 is 0 Å². The van der Waals surface area contributed by atoms with Gasteiger partial charge in [-0.1, -0.05) is 48.7 Å². The van der Waals surface area contributed by atoms with Crippen LogP contribution in [-0.2, 0) is 6.18 Å². The van der Waals surface area contributed by atoms with Crippen molar-refractivity contribution in [2.45, 2.75) is 38.9 Å². The van der Waals surface area contributed by atoms with Crippen LogP contribution < -0.4 is 11.3 Å². The molecule has 0 saturated carbocycles. The molecule has 0 bridgehead atoms. The second-order valence-electron chi connectivity index (χ2n) is 4.46. The summed E-state index contributed by atoms with van der Waals surface area (Å²) in [7, 11) is 0. The number of hydrogen-bond donors (Lipinski definition) is 2. The van der Waals surface area contributed by atoms with Crippen molar-refractivity contribution in [3.8, 4) is 0 Å². The zero-order chi connectivity index (χ0) is 14.6. The molecule has 1 aromatic carbocycles. The van der Waals surface area contributed by atoms with Gasteiger partial charge in [0.05, 0.1) is 5.56 Å². The fourth-order valence-corrected chi connectivity index (χ4v) is 2.69. The number of halogens is 4. The van der Waals surface area contributed by atoms with E-state index in [1.807, 2.05) is 13.8 Å². The first-order chi connectivity index (χ1) is 8.85. The summed E-state index contributed by atoms with van der Waals surface area (Å²) in [5, 5.41) is 0. The summed E-state index contributed by atoms with van der Waals surface area (Å²) in [6.07, 6.45) is -2.67. The number of rotatable bonds is 5. The van der Waals surface area contributed by atoms with E-state index in [4.69, 9.17) is 5.84 Å². The van der Waals surface area contributed by atoms with Crippen LogP contribution in [0, 0.1) is 5.92 Å². The van der Waals surface area contributed by atoms with Crippen LogP contribution in [-0.4, -0.2) is 0 Å². The van der Waals surface area contributed by atoms with Crippen molar-refractivity contribution in [2.75, 3.05) is 0 Å². The van der Waals surface area contributed by atoms with Gasteiger partial charge in [-0.05, 0) is 23.6 Å². The third kappa shape index (κ3) is 3.94. The van der Waals surface area contributed by atoms with Crippen molar-refractivity contribution in [1.29, 1.82) is 0 Å². The molecule has 1 atom stereocenters. The van der Waals surface area contributed by atoms with Crippen LogP contribution in [0.4, 0.5) is 13.2 Å². The van der Waals surface area contributed by atoms with Gasteiger partial charge < -0.3 is 0 Å². The van der Waals surface area contributed by atoms with Gasteiger partial charge in [0.1, 0.15) is 0 Å². The zero-order valence-corrected chi connectivity index (χ0v) is 12.5. The second kappa shape index (κ2) is 6.72. The Morgan fingerprint density at radius 2 is 1.84 bits per heavy atom. The Hall–Kier alpha value is -0.590. The van der Waals surface area contributed by atoms with Crippen LogP contribution in [0.1, 0.15) is 43.9 Å². The van der Waals surface area contributed by atoms with E-state index in [0.717, 1.165) is 18.9 Å². The third-order valence-electron chi connectivity index (χ3n) is 3.35. The predicted molar refractivity (Wildman–Crippen MR) is 73.3 cm³/mol. The molecule has 1 aromatic rings. The number of hydrogen-bond acceptors (Lipinski definition) is 2. The molecule has 1 unspecified atom stereocenters. The molecule has 2 nitrogen and oxygen atoms in total. The minimum Gasteiger partial charge on any atom is -0.271 e. The third-order valence-corrected chi connectivity index (χ3v) is 4.05. The summed E-state index contributed by atoms with van der Waals surface area (Å²) in [6, 6.07) is 3.98. The van der Waals surface area contributed by atoms with Gasteiger partial charge in [-0.3, -0.25) is 11.3 Å². The van der Waals surface area contributed by atoms with Crippen LogP contribution in [0.25, 0.3) is 0 Å². The van der Waals surface area contributed by atoms with E-state index in [0.29, 0.717) is 5.56 Å². The summed E-state index contributed by atoms with van der Waals surface area (Å²) in [6.45, 7) is 4.00. The lowest BCUT2D eigenvalue weighted by atomic mass is 9.88. The van der Waals surface area contributed by atoms with Gasteiger partial charge in [-0.2, -0.15) is 13.2 Å². The highest BCUT2D eigenvalue weighted by atomic mass is 79.9. The van der Waals surface area contributed by atoms with E-state index in [1.165, 1.54) is 6.07 Å². The average Bonchev–Trinajstić information content (AvgIpc) is 2.35. The summed E-state index contributed by atoms with van der Waals surface area (Å²) in [5.41, 5.74) is 2.53. The van der Waals surface area contributed by atoms with Crippen molar-refractivity contribution in [2.24, 2.45) is 11.8 Å². The van der Waals surface area contributed by atoms with Crippen molar-refractivity contribution in [3.63, 3.8) is 0 Å². The largest absolute Gasteiger partial charge is 0.417 e. The number of nitrogens with one attached hydrogen (secondary N) is 1. The normalized spacial score (nSPS) is 13.9. The van der Waals surface area contributed by atoms with E-state index < -0.39 is 11.7 Å². The molecule has 1 rings (SSSR count). The smallest absolute Gasteiger partial charge is 0.271 e. The maximum absolute atomic E-state index is 12.9. The Balaban J connectivity index is 3.19. The number of hydrazine groups is 1. The van der Waals surface area contributed by atoms with Gasteiger partial charge in [0.15, 0.2) is 0 Å². The first-order valence-corrected chi connectivity index (χ1v) is 6.97. The van der Waals surface area contributed by atoms with Gasteiger partial charge in [0, 0.05) is 10.5 Å². The minimum atomic E-state index is -4.37. The van der Waals surface area contributed by atoms with Crippen LogP contribution in [0.2, 0.25) is 0 Å². The highest BCUT2D eigenvalue weighted by molar-refractivity contribution is 9.10. The zero-order valence-electron chi connectivity index (χ0n) is 10.9. The fraction of sp³-hybridized carbons (Fsp3) is 0.538. The molecule has 0 aliphatic heterocycles. The van der Waals surface area contributed by atoms with E-state index in [-0.39, 0.29) is 16.4 Å². The quantitative estimate of drug-likeness (QED) is 0.616. The molecular weight excluding hydrogens is 321 g/mol. The molecule has 6 heteroatoms. The Morgan fingerprint density at radius 1 is 1.26 bits per heavy atom. The minimum absolute atomic E-state index is 0.0454. The van der Waals surface area contributed by atoms with Crippen LogP contribution in [0.15, 0.2) is 22.7 Å². The first kappa shape index (κ1) is 16.5. The number of benzene rings is 1. The average molecular weight is 339 g/mol. The Kier molecular flexibility index (Phi) is 5.82. The molecule has 3 N–H and O–H groups in total. The number of nitrogens with two attached hydrogens (primary N) is 1. The molecule has 0 aliphatic carbocycles. The maximum atomic E-state index is 12.9. The molecule has 0 fully saturated rings. The SMILES string of the molecule is CCC(CC)C(NN)c1ccc(Br)c(C(F)(F)F)c1. The van der Waals surface area contributed by atoms with E-state index in [9.17, 15) is 13.2 Å². The molecule has 19 heavy (non-hydrogen) atoms. The summed E-state index contributed by atoms with van der Waals surface area (Å²) < 4.78 is 38.7. The van der Waals surface area contributed by atoms with Crippen LogP contribution >= 0.6 is 15.9 Å². The van der Waals surface area contributed by atoms with Crippen LogP contribution in [0.5, 0.6) is 0 Å². The summed E-state index contributed by atoms with van der Waals surface area (Å²) >= 11 is 2.94. The molecule has 0 saturated heterocycles. The second-order valence-corrected chi connectivity index (χ2v) is 5.31. The molecule has 0 spiro atoms. The molecular formula is C13H18BrF3N2. The highest BCUT2D eigenvalue weighted by Gasteiger charge is 2.34. The Morgan fingerprint density at radius 3 is 2.26 bits per heavy atom. The molecule has 108 valence electrons. The lowest BCUT2D eigenvalue weighted by molar-refractivity contribution is -0.138. The molecule has 0 aliphatic rings. The first-order valence-electron chi connectivity index (χ1n) is 6.17. The van der Waals surface area contributed by atoms with Gasteiger partial charge in [-0.25, -0.2) is 0 Å². The maximum Gasteiger partial charge on any atom is 0.417 e. The Bertz CT molecular complexity index is 417. The van der Waals surface area contributed by atoms with Gasteiger partial charge in [0.25, 0.3) is 0 Å².